The van der Waals surface area contributed by atoms with Crippen molar-refractivity contribution in [1.29, 1.82) is 0 Å². The summed E-state index contributed by atoms with van der Waals surface area (Å²) < 4.78 is 6.45. The number of benzene rings is 2. The number of amides is 1. The smallest absolute Gasteiger partial charge is 0.408 e. The van der Waals surface area contributed by atoms with Crippen LogP contribution in [0.25, 0.3) is 22.0 Å². The zero-order valence-electron chi connectivity index (χ0n) is 15.5. The number of anilines is 1. The molecular weight excluding hydrogens is 358 g/mol. The van der Waals surface area contributed by atoms with Gasteiger partial charge in [-0.25, -0.2) is 4.79 Å². The SMILES string of the molecule is Cc1ccc2cc(CCC(=O)Nc3ccc4oc(=O)n(C)c4c3)c(=O)[nH]c2c1. The van der Waals surface area contributed by atoms with Crippen LogP contribution < -0.4 is 16.6 Å². The number of aromatic nitrogens is 2. The third kappa shape index (κ3) is 3.34. The van der Waals surface area contributed by atoms with Crippen molar-refractivity contribution >= 4 is 33.6 Å². The summed E-state index contributed by atoms with van der Waals surface area (Å²) in [5.74, 6) is -0.666. The molecule has 2 aromatic carbocycles. The van der Waals surface area contributed by atoms with Gasteiger partial charge in [0.25, 0.3) is 5.56 Å². The maximum Gasteiger partial charge on any atom is 0.419 e. The van der Waals surface area contributed by atoms with E-state index in [9.17, 15) is 14.4 Å². The predicted molar refractivity (Wildman–Crippen MR) is 108 cm³/mol. The Balaban J connectivity index is 1.49. The Morgan fingerprint density at radius 1 is 1.14 bits per heavy atom. The number of hydrogen-bond acceptors (Lipinski definition) is 4. The molecule has 0 spiro atoms. The molecule has 28 heavy (non-hydrogen) atoms. The number of rotatable bonds is 4. The van der Waals surface area contributed by atoms with E-state index in [-0.39, 0.29) is 17.9 Å². The van der Waals surface area contributed by atoms with Gasteiger partial charge in [0.2, 0.25) is 5.91 Å². The average Bonchev–Trinajstić information content (AvgIpc) is 2.94. The van der Waals surface area contributed by atoms with Gasteiger partial charge >= 0.3 is 5.76 Å². The zero-order valence-corrected chi connectivity index (χ0v) is 15.5. The van der Waals surface area contributed by atoms with Gasteiger partial charge in [0.1, 0.15) is 0 Å². The van der Waals surface area contributed by atoms with Crippen molar-refractivity contribution in [3.63, 3.8) is 0 Å². The fraction of sp³-hybridized carbons (Fsp3) is 0.190. The summed E-state index contributed by atoms with van der Waals surface area (Å²) in [5, 5.41) is 3.73. The molecule has 7 nitrogen and oxygen atoms in total. The van der Waals surface area contributed by atoms with Crippen LogP contribution in [-0.2, 0) is 18.3 Å². The van der Waals surface area contributed by atoms with Gasteiger partial charge in [-0.3, -0.25) is 14.2 Å². The maximum atomic E-state index is 12.3. The summed E-state index contributed by atoms with van der Waals surface area (Å²) in [6.45, 7) is 1.97. The second kappa shape index (κ2) is 6.84. The maximum absolute atomic E-state index is 12.3. The molecular formula is C21H19N3O4. The van der Waals surface area contributed by atoms with E-state index in [0.717, 1.165) is 16.5 Å². The van der Waals surface area contributed by atoms with E-state index in [0.29, 0.717) is 28.8 Å². The Morgan fingerprint density at radius 2 is 1.96 bits per heavy atom. The molecule has 0 aliphatic heterocycles. The molecule has 7 heteroatoms. The van der Waals surface area contributed by atoms with Crippen molar-refractivity contribution in [1.82, 2.24) is 9.55 Å². The lowest BCUT2D eigenvalue weighted by Gasteiger charge is -2.07. The minimum absolute atomic E-state index is 0.169. The van der Waals surface area contributed by atoms with Crippen LogP contribution in [-0.4, -0.2) is 15.5 Å². The van der Waals surface area contributed by atoms with E-state index in [4.69, 9.17) is 4.42 Å². The minimum atomic E-state index is -0.454. The van der Waals surface area contributed by atoms with Gasteiger partial charge in [-0.2, -0.15) is 0 Å². The molecule has 1 amide bonds. The molecule has 0 aliphatic rings. The summed E-state index contributed by atoms with van der Waals surface area (Å²) in [6.07, 6.45) is 0.500. The minimum Gasteiger partial charge on any atom is -0.408 e. The zero-order chi connectivity index (χ0) is 19.8. The second-order valence-corrected chi connectivity index (χ2v) is 6.87. The van der Waals surface area contributed by atoms with E-state index in [1.807, 2.05) is 31.2 Å². The molecule has 0 unspecified atom stereocenters. The summed E-state index contributed by atoms with van der Waals surface area (Å²) in [4.78, 5) is 39.0. The van der Waals surface area contributed by atoms with Crippen molar-refractivity contribution in [2.75, 3.05) is 5.32 Å². The molecule has 0 radical (unpaired) electrons. The number of pyridine rings is 1. The summed E-state index contributed by atoms with van der Waals surface area (Å²) in [7, 11) is 1.60. The largest absolute Gasteiger partial charge is 0.419 e. The quantitative estimate of drug-likeness (QED) is 0.571. The van der Waals surface area contributed by atoms with Crippen molar-refractivity contribution in [3.8, 4) is 0 Å². The van der Waals surface area contributed by atoms with Gasteiger partial charge in [-0.05, 0) is 54.6 Å². The molecule has 142 valence electrons. The highest BCUT2D eigenvalue weighted by Gasteiger charge is 2.10. The highest BCUT2D eigenvalue weighted by Crippen LogP contribution is 2.18. The first kappa shape index (κ1) is 17.8. The summed E-state index contributed by atoms with van der Waals surface area (Å²) in [6, 6.07) is 12.7. The number of H-pyrrole nitrogens is 1. The summed E-state index contributed by atoms with van der Waals surface area (Å²) in [5.41, 5.74) is 3.88. The van der Waals surface area contributed by atoms with Crippen molar-refractivity contribution in [2.24, 2.45) is 7.05 Å². The molecule has 0 atom stereocenters. The van der Waals surface area contributed by atoms with E-state index in [2.05, 4.69) is 10.3 Å². The number of fused-ring (bicyclic) bond motifs is 2. The standard InChI is InChI=1S/C21H19N3O4/c1-12-3-4-13-10-14(20(26)23-16(13)9-12)5-8-19(25)22-15-6-7-18-17(11-15)24(2)21(27)28-18/h3-4,6-7,9-11H,5,8H2,1-2H3,(H,22,25)(H,23,26). The number of oxazole rings is 1. The number of aromatic amines is 1. The van der Waals surface area contributed by atoms with Gasteiger partial charge in [0, 0.05) is 30.2 Å². The van der Waals surface area contributed by atoms with Gasteiger partial charge in [0.15, 0.2) is 5.58 Å². The molecule has 0 fully saturated rings. The Kier molecular flexibility index (Phi) is 4.35. The molecule has 0 bridgehead atoms. The topological polar surface area (TPSA) is 97.1 Å². The lowest BCUT2D eigenvalue weighted by molar-refractivity contribution is -0.116. The van der Waals surface area contributed by atoms with E-state index in [1.165, 1.54) is 4.57 Å². The summed E-state index contributed by atoms with van der Waals surface area (Å²) >= 11 is 0. The first-order valence-electron chi connectivity index (χ1n) is 8.93. The molecule has 4 aromatic rings. The van der Waals surface area contributed by atoms with Crippen LogP contribution in [0.5, 0.6) is 0 Å². The molecule has 0 saturated heterocycles. The molecule has 4 rings (SSSR count). The Bertz CT molecular complexity index is 1330. The third-order valence-corrected chi connectivity index (χ3v) is 4.77. The monoisotopic (exact) mass is 377 g/mol. The van der Waals surface area contributed by atoms with Gasteiger partial charge < -0.3 is 14.7 Å². The van der Waals surface area contributed by atoms with Crippen LogP contribution in [0.4, 0.5) is 5.69 Å². The van der Waals surface area contributed by atoms with Crippen LogP contribution in [0, 0.1) is 6.92 Å². The number of nitrogens with one attached hydrogen (secondary N) is 2. The first-order valence-corrected chi connectivity index (χ1v) is 8.93. The van der Waals surface area contributed by atoms with Crippen LogP contribution in [0.2, 0.25) is 0 Å². The highest BCUT2D eigenvalue weighted by molar-refractivity contribution is 5.93. The number of aryl methyl sites for hydroxylation is 3. The van der Waals surface area contributed by atoms with Gasteiger partial charge in [-0.15, -0.1) is 0 Å². The normalized spacial score (nSPS) is 11.2. The van der Waals surface area contributed by atoms with Gasteiger partial charge in [-0.1, -0.05) is 12.1 Å². The van der Waals surface area contributed by atoms with Crippen molar-refractivity contribution in [2.45, 2.75) is 19.8 Å². The van der Waals surface area contributed by atoms with Crippen LogP contribution in [0.1, 0.15) is 17.5 Å². The van der Waals surface area contributed by atoms with E-state index < -0.39 is 5.76 Å². The van der Waals surface area contributed by atoms with E-state index >= 15 is 0 Å². The number of hydrogen-bond donors (Lipinski definition) is 2. The second-order valence-electron chi connectivity index (χ2n) is 6.87. The van der Waals surface area contributed by atoms with Crippen molar-refractivity contribution in [3.05, 3.63) is 74.5 Å². The Morgan fingerprint density at radius 3 is 2.79 bits per heavy atom. The first-order chi connectivity index (χ1) is 13.4. The molecule has 2 heterocycles. The van der Waals surface area contributed by atoms with Gasteiger partial charge in [0.05, 0.1) is 5.52 Å². The fourth-order valence-corrected chi connectivity index (χ4v) is 3.22. The third-order valence-electron chi connectivity index (χ3n) is 4.77. The molecule has 0 aliphatic carbocycles. The fourth-order valence-electron chi connectivity index (χ4n) is 3.22. The Labute approximate surface area is 159 Å². The highest BCUT2D eigenvalue weighted by atomic mass is 16.4. The Hall–Kier alpha value is -3.61. The lowest BCUT2D eigenvalue weighted by atomic mass is 10.1. The van der Waals surface area contributed by atoms with Crippen molar-refractivity contribution < 1.29 is 9.21 Å². The molecule has 2 N–H and O–H groups in total. The average molecular weight is 377 g/mol. The van der Waals surface area contributed by atoms with Crippen LogP contribution >= 0.6 is 0 Å². The number of carbonyl (C=O) groups is 1. The van der Waals surface area contributed by atoms with Crippen LogP contribution in [0.3, 0.4) is 0 Å². The molecule has 2 aromatic heterocycles. The number of nitrogens with zero attached hydrogens (tertiary/aromatic N) is 1. The van der Waals surface area contributed by atoms with Crippen LogP contribution in [0.15, 0.2) is 56.5 Å². The van der Waals surface area contributed by atoms with E-state index in [1.54, 1.807) is 25.2 Å². The lowest BCUT2D eigenvalue weighted by Crippen LogP contribution is -2.17. The predicted octanol–water partition coefficient (Wildman–Crippen LogP) is 2.85. The molecule has 0 saturated carbocycles. The number of carbonyl (C=O) groups excluding carboxylic acids is 1.